The van der Waals surface area contributed by atoms with E-state index in [4.69, 9.17) is 0 Å². The van der Waals surface area contributed by atoms with Crippen LogP contribution in [0, 0.1) is 6.92 Å². The van der Waals surface area contributed by atoms with Gasteiger partial charge in [0.2, 0.25) is 0 Å². The van der Waals surface area contributed by atoms with E-state index in [0.29, 0.717) is 0 Å². The number of aromatic nitrogens is 2. The highest BCUT2D eigenvalue weighted by atomic mass is 15.3. The topological polar surface area (TPSA) is 33.1 Å². The van der Waals surface area contributed by atoms with Gasteiger partial charge in [0.15, 0.2) is 0 Å². The third-order valence-electron chi connectivity index (χ3n) is 2.77. The smallest absolute Gasteiger partial charge is 0.0810 e. The first-order valence-corrected chi connectivity index (χ1v) is 5.09. The molecular formula is C10H18N4. The van der Waals surface area contributed by atoms with Crippen LogP contribution in [0.1, 0.15) is 17.0 Å². The zero-order valence-electron chi connectivity index (χ0n) is 9.17. The fraction of sp³-hybridized carbons (Fsp3) is 0.700. The minimum absolute atomic E-state index is 0.936. The van der Waals surface area contributed by atoms with Crippen molar-refractivity contribution in [2.24, 2.45) is 0 Å². The Morgan fingerprint density at radius 1 is 1.43 bits per heavy atom. The normalized spacial score (nSPS) is 15.1. The summed E-state index contributed by atoms with van der Waals surface area (Å²) in [6.07, 6.45) is 0. The molecular weight excluding hydrogens is 176 g/mol. The third-order valence-corrected chi connectivity index (χ3v) is 2.77. The van der Waals surface area contributed by atoms with E-state index in [0.717, 1.165) is 26.2 Å². The highest BCUT2D eigenvalue weighted by molar-refractivity contribution is 5.28. The van der Waals surface area contributed by atoms with Gasteiger partial charge in [0, 0.05) is 30.9 Å². The quantitative estimate of drug-likeness (QED) is 0.754. The van der Waals surface area contributed by atoms with Gasteiger partial charge in [-0.2, -0.15) is 5.10 Å². The van der Waals surface area contributed by atoms with Crippen LogP contribution < -0.4 is 5.32 Å². The maximum absolute atomic E-state index is 4.59. The Morgan fingerprint density at radius 3 is 2.86 bits per heavy atom. The fourth-order valence-electron chi connectivity index (χ4n) is 1.84. The van der Waals surface area contributed by atoms with Crippen molar-refractivity contribution in [3.63, 3.8) is 0 Å². The van der Waals surface area contributed by atoms with Crippen LogP contribution in [0.2, 0.25) is 0 Å². The summed E-state index contributed by atoms with van der Waals surface area (Å²) < 4.78 is 2.13. The van der Waals surface area contributed by atoms with Gasteiger partial charge in [-0.3, -0.25) is 4.68 Å². The average molecular weight is 194 g/mol. The fourth-order valence-corrected chi connectivity index (χ4v) is 1.84. The van der Waals surface area contributed by atoms with E-state index in [1.54, 1.807) is 0 Å². The molecule has 0 saturated carbocycles. The molecule has 1 N–H and O–H groups in total. The van der Waals surface area contributed by atoms with Gasteiger partial charge in [-0.25, -0.2) is 0 Å². The van der Waals surface area contributed by atoms with E-state index in [2.05, 4.69) is 41.0 Å². The van der Waals surface area contributed by atoms with E-state index >= 15 is 0 Å². The Labute approximate surface area is 84.9 Å². The maximum atomic E-state index is 4.59. The van der Waals surface area contributed by atoms with Crippen molar-refractivity contribution in [3.05, 3.63) is 17.0 Å². The van der Waals surface area contributed by atoms with Gasteiger partial charge in [0.05, 0.1) is 12.2 Å². The van der Waals surface area contributed by atoms with Gasteiger partial charge >= 0.3 is 0 Å². The van der Waals surface area contributed by atoms with Crippen LogP contribution in [-0.4, -0.2) is 35.3 Å². The van der Waals surface area contributed by atoms with E-state index < -0.39 is 0 Å². The van der Waals surface area contributed by atoms with Crippen LogP contribution in [0.5, 0.6) is 0 Å². The summed E-state index contributed by atoms with van der Waals surface area (Å²) in [7, 11) is 4.18. The molecule has 2 heterocycles. The number of nitrogens with zero attached hydrogens (tertiary/aromatic N) is 3. The van der Waals surface area contributed by atoms with E-state index in [-0.39, 0.29) is 0 Å². The van der Waals surface area contributed by atoms with Crippen LogP contribution in [0.4, 0.5) is 0 Å². The van der Waals surface area contributed by atoms with E-state index in [9.17, 15) is 0 Å². The molecule has 1 aliphatic heterocycles. The second kappa shape index (κ2) is 3.71. The first-order valence-electron chi connectivity index (χ1n) is 5.09. The van der Waals surface area contributed by atoms with E-state index in [1.165, 1.54) is 17.0 Å². The summed E-state index contributed by atoms with van der Waals surface area (Å²) in [5, 5.41) is 7.90. The molecule has 0 atom stereocenters. The lowest BCUT2D eigenvalue weighted by Gasteiger charge is -2.11. The van der Waals surface area contributed by atoms with Crippen molar-refractivity contribution < 1.29 is 0 Å². The summed E-state index contributed by atoms with van der Waals surface area (Å²) in [6, 6.07) is 0. The maximum Gasteiger partial charge on any atom is 0.0810 e. The van der Waals surface area contributed by atoms with Crippen molar-refractivity contribution in [1.29, 1.82) is 0 Å². The molecule has 0 aromatic carbocycles. The Hall–Kier alpha value is -0.870. The first-order chi connectivity index (χ1) is 6.68. The Balaban J connectivity index is 2.12. The van der Waals surface area contributed by atoms with Gasteiger partial charge in [-0.15, -0.1) is 0 Å². The van der Waals surface area contributed by atoms with Crippen LogP contribution >= 0.6 is 0 Å². The molecule has 0 radical (unpaired) electrons. The molecule has 2 rings (SSSR count). The summed E-state index contributed by atoms with van der Waals surface area (Å²) in [5.74, 6) is 0. The molecule has 0 fully saturated rings. The summed E-state index contributed by atoms with van der Waals surface area (Å²) in [5.41, 5.74) is 3.97. The Kier molecular flexibility index (Phi) is 2.56. The van der Waals surface area contributed by atoms with Crippen molar-refractivity contribution in [3.8, 4) is 0 Å². The molecule has 1 aromatic heterocycles. The van der Waals surface area contributed by atoms with Crippen LogP contribution in [-0.2, 0) is 19.6 Å². The number of hydrogen-bond acceptors (Lipinski definition) is 3. The van der Waals surface area contributed by atoms with Crippen LogP contribution in [0.3, 0.4) is 0 Å². The van der Waals surface area contributed by atoms with Crippen LogP contribution in [0.25, 0.3) is 0 Å². The summed E-state index contributed by atoms with van der Waals surface area (Å²) >= 11 is 0. The van der Waals surface area contributed by atoms with Gasteiger partial charge in [-0.1, -0.05) is 0 Å². The van der Waals surface area contributed by atoms with Gasteiger partial charge < -0.3 is 10.2 Å². The third kappa shape index (κ3) is 1.67. The highest BCUT2D eigenvalue weighted by Crippen LogP contribution is 2.18. The lowest BCUT2D eigenvalue weighted by Crippen LogP contribution is -2.20. The molecule has 4 heteroatoms. The number of rotatable bonds is 3. The SMILES string of the molecule is Cc1c2c(nn1CCN(C)C)CNC2. The molecule has 1 aromatic rings. The minimum atomic E-state index is 0.936. The molecule has 0 unspecified atom stereocenters. The lowest BCUT2D eigenvalue weighted by atomic mass is 10.2. The number of likely N-dealkylation sites (N-methyl/N-ethyl adjacent to an activating group) is 1. The van der Waals surface area contributed by atoms with Gasteiger partial charge in [-0.05, 0) is 21.0 Å². The molecule has 0 spiro atoms. The van der Waals surface area contributed by atoms with Crippen molar-refractivity contribution >= 4 is 0 Å². The summed E-state index contributed by atoms with van der Waals surface area (Å²) in [6.45, 7) is 6.13. The highest BCUT2D eigenvalue weighted by Gasteiger charge is 2.18. The Bertz CT molecular complexity index is 327. The molecule has 14 heavy (non-hydrogen) atoms. The first kappa shape index (κ1) is 9.68. The number of nitrogens with one attached hydrogen (secondary N) is 1. The molecule has 0 bridgehead atoms. The summed E-state index contributed by atoms with van der Waals surface area (Å²) in [4.78, 5) is 2.19. The predicted octanol–water partition coefficient (Wildman–Crippen LogP) is 0.356. The second-order valence-corrected chi connectivity index (χ2v) is 4.14. The second-order valence-electron chi connectivity index (χ2n) is 4.14. The molecule has 4 nitrogen and oxygen atoms in total. The number of fused-ring (bicyclic) bond motifs is 1. The molecule has 0 aliphatic carbocycles. The van der Waals surface area contributed by atoms with Crippen LogP contribution in [0.15, 0.2) is 0 Å². The largest absolute Gasteiger partial charge is 0.308 e. The van der Waals surface area contributed by atoms with Crippen molar-refractivity contribution in [2.75, 3.05) is 20.6 Å². The monoisotopic (exact) mass is 194 g/mol. The van der Waals surface area contributed by atoms with Crippen molar-refractivity contribution in [2.45, 2.75) is 26.6 Å². The Morgan fingerprint density at radius 2 is 2.21 bits per heavy atom. The predicted molar refractivity (Wildman–Crippen MR) is 56.1 cm³/mol. The lowest BCUT2D eigenvalue weighted by molar-refractivity contribution is 0.369. The number of hydrogen-bond donors (Lipinski definition) is 1. The average Bonchev–Trinajstić information content (AvgIpc) is 2.66. The molecule has 78 valence electrons. The molecule has 1 aliphatic rings. The molecule has 0 amide bonds. The van der Waals surface area contributed by atoms with Gasteiger partial charge in [0.25, 0.3) is 0 Å². The zero-order valence-corrected chi connectivity index (χ0v) is 9.17. The van der Waals surface area contributed by atoms with E-state index in [1.807, 2.05) is 0 Å². The standard InChI is InChI=1S/C10H18N4/c1-8-9-6-11-7-10(9)12-14(8)5-4-13(2)3/h11H,4-7H2,1-3H3. The van der Waals surface area contributed by atoms with Crippen molar-refractivity contribution in [1.82, 2.24) is 20.0 Å². The van der Waals surface area contributed by atoms with Gasteiger partial charge in [0.1, 0.15) is 0 Å². The zero-order chi connectivity index (χ0) is 10.1. The minimum Gasteiger partial charge on any atom is -0.308 e. The molecule has 0 saturated heterocycles.